The highest BCUT2D eigenvalue weighted by Gasteiger charge is 2.16. The quantitative estimate of drug-likeness (QED) is 0.200. The number of fused-ring (bicyclic) bond motifs is 2. The minimum absolute atomic E-state index is 0.237. The molecule has 0 saturated heterocycles. The van der Waals surface area contributed by atoms with Crippen LogP contribution in [-0.2, 0) is 0 Å². The SMILES string of the molecule is Fc1ccc(-c2cc3cc(-c4ccc5cc(-c6ccccc6)n(-c6ccccc6)c5c4)ccc3n2-c2ccccc2)cc1. The number of rotatable bonds is 5. The molecule has 0 atom stereocenters. The normalized spacial score (nSPS) is 11.4. The maximum Gasteiger partial charge on any atom is 0.123 e. The molecule has 0 aliphatic carbocycles. The van der Waals surface area contributed by atoms with E-state index in [1.165, 1.54) is 28.8 Å². The van der Waals surface area contributed by atoms with Crippen LogP contribution in [0, 0.1) is 5.82 Å². The molecular weight excluding hydrogens is 527 g/mol. The second-order valence-electron chi connectivity index (χ2n) is 10.8. The zero-order chi connectivity index (χ0) is 28.8. The average molecular weight is 555 g/mol. The molecule has 6 aromatic carbocycles. The lowest BCUT2D eigenvalue weighted by atomic mass is 10.0. The van der Waals surface area contributed by atoms with Gasteiger partial charge in [0.2, 0.25) is 0 Å². The van der Waals surface area contributed by atoms with Crippen molar-refractivity contribution in [3.63, 3.8) is 0 Å². The van der Waals surface area contributed by atoms with Crippen LogP contribution in [-0.4, -0.2) is 9.13 Å². The van der Waals surface area contributed by atoms with E-state index < -0.39 is 0 Å². The third kappa shape index (κ3) is 4.43. The van der Waals surface area contributed by atoms with Crippen molar-refractivity contribution in [1.82, 2.24) is 9.13 Å². The summed E-state index contributed by atoms with van der Waals surface area (Å²) in [5.41, 5.74) is 11.1. The number of hydrogen-bond donors (Lipinski definition) is 0. The molecule has 2 heterocycles. The van der Waals surface area contributed by atoms with Crippen molar-refractivity contribution in [3.05, 3.63) is 170 Å². The first-order valence-electron chi connectivity index (χ1n) is 14.5. The highest BCUT2D eigenvalue weighted by atomic mass is 19.1. The zero-order valence-corrected chi connectivity index (χ0v) is 23.4. The Kier molecular flexibility index (Phi) is 6.01. The van der Waals surface area contributed by atoms with E-state index in [4.69, 9.17) is 0 Å². The summed E-state index contributed by atoms with van der Waals surface area (Å²) in [4.78, 5) is 0. The van der Waals surface area contributed by atoms with Crippen LogP contribution in [0.5, 0.6) is 0 Å². The Morgan fingerprint density at radius 3 is 1.49 bits per heavy atom. The summed E-state index contributed by atoms with van der Waals surface area (Å²) in [7, 11) is 0. The Hall–Kier alpha value is -5.67. The molecular formula is C40H27FN2. The summed E-state index contributed by atoms with van der Waals surface area (Å²) in [6.07, 6.45) is 0. The molecule has 3 heteroatoms. The largest absolute Gasteiger partial charge is 0.309 e. The fourth-order valence-corrected chi connectivity index (χ4v) is 6.14. The van der Waals surface area contributed by atoms with Crippen molar-refractivity contribution in [1.29, 1.82) is 0 Å². The van der Waals surface area contributed by atoms with E-state index in [9.17, 15) is 4.39 Å². The molecule has 0 radical (unpaired) electrons. The Morgan fingerprint density at radius 1 is 0.349 bits per heavy atom. The minimum atomic E-state index is -0.237. The molecule has 8 aromatic rings. The number of para-hydroxylation sites is 2. The predicted molar refractivity (Wildman–Crippen MR) is 176 cm³/mol. The van der Waals surface area contributed by atoms with E-state index in [1.54, 1.807) is 0 Å². The first kappa shape index (κ1) is 25.1. The van der Waals surface area contributed by atoms with Crippen molar-refractivity contribution in [2.24, 2.45) is 0 Å². The maximum atomic E-state index is 13.8. The lowest BCUT2D eigenvalue weighted by Gasteiger charge is -2.13. The zero-order valence-electron chi connectivity index (χ0n) is 23.4. The van der Waals surface area contributed by atoms with Crippen LogP contribution < -0.4 is 0 Å². The number of aromatic nitrogens is 2. The Bertz CT molecular complexity index is 2210. The molecule has 2 nitrogen and oxygen atoms in total. The lowest BCUT2D eigenvalue weighted by Crippen LogP contribution is -1.97. The second-order valence-corrected chi connectivity index (χ2v) is 10.8. The van der Waals surface area contributed by atoms with Gasteiger partial charge in [0.25, 0.3) is 0 Å². The number of benzene rings is 6. The van der Waals surface area contributed by atoms with Gasteiger partial charge in [0.15, 0.2) is 0 Å². The van der Waals surface area contributed by atoms with Crippen molar-refractivity contribution in [2.45, 2.75) is 0 Å². The third-order valence-corrected chi connectivity index (χ3v) is 8.18. The van der Waals surface area contributed by atoms with E-state index in [-0.39, 0.29) is 5.82 Å². The molecule has 2 aromatic heterocycles. The summed E-state index contributed by atoms with van der Waals surface area (Å²) >= 11 is 0. The molecule has 0 N–H and O–H groups in total. The number of halogens is 1. The Labute approximate surface area is 249 Å². The monoisotopic (exact) mass is 554 g/mol. The molecule has 0 spiro atoms. The van der Waals surface area contributed by atoms with Crippen LogP contribution in [0.3, 0.4) is 0 Å². The Morgan fingerprint density at radius 2 is 0.837 bits per heavy atom. The van der Waals surface area contributed by atoms with E-state index in [0.29, 0.717) is 0 Å². The van der Waals surface area contributed by atoms with E-state index in [1.807, 2.05) is 30.3 Å². The van der Waals surface area contributed by atoms with Gasteiger partial charge in [-0.3, -0.25) is 0 Å². The molecule has 0 aliphatic rings. The molecule has 0 aliphatic heterocycles. The number of nitrogens with zero attached hydrogens (tertiary/aromatic N) is 2. The van der Waals surface area contributed by atoms with Gasteiger partial charge in [0.1, 0.15) is 5.82 Å². The molecule has 204 valence electrons. The van der Waals surface area contributed by atoms with Gasteiger partial charge < -0.3 is 9.13 Å². The molecule has 0 fully saturated rings. The summed E-state index contributed by atoms with van der Waals surface area (Å²) in [6, 6.07) is 56.1. The van der Waals surface area contributed by atoms with E-state index >= 15 is 0 Å². The van der Waals surface area contributed by atoms with Crippen molar-refractivity contribution >= 4 is 21.8 Å². The smallest absolute Gasteiger partial charge is 0.123 e. The maximum absolute atomic E-state index is 13.8. The summed E-state index contributed by atoms with van der Waals surface area (Å²) in [5, 5.41) is 2.32. The first-order chi connectivity index (χ1) is 21.2. The molecule has 0 unspecified atom stereocenters. The molecule has 0 amide bonds. The highest BCUT2D eigenvalue weighted by Crippen LogP contribution is 2.37. The minimum Gasteiger partial charge on any atom is -0.309 e. The van der Waals surface area contributed by atoms with Crippen LogP contribution in [0.15, 0.2) is 164 Å². The molecule has 43 heavy (non-hydrogen) atoms. The predicted octanol–water partition coefficient (Wildman–Crippen LogP) is 10.7. The van der Waals surface area contributed by atoms with Crippen LogP contribution in [0.1, 0.15) is 0 Å². The van der Waals surface area contributed by atoms with Crippen LogP contribution in [0.4, 0.5) is 4.39 Å². The fraction of sp³-hybridized carbons (Fsp3) is 0. The van der Waals surface area contributed by atoms with Crippen molar-refractivity contribution in [3.8, 4) is 45.0 Å². The second kappa shape index (κ2) is 10.3. The van der Waals surface area contributed by atoms with Gasteiger partial charge in [-0.2, -0.15) is 0 Å². The van der Waals surface area contributed by atoms with Gasteiger partial charge in [0, 0.05) is 22.1 Å². The average Bonchev–Trinajstić information content (AvgIpc) is 3.65. The van der Waals surface area contributed by atoms with Gasteiger partial charge in [-0.15, -0.1) is 0 Å². The summed E-state index contributed by atoms with van der Waals surface area (Å²) in [6.45, 7) is 0. The topological polar surface area (TPSA) is 9.86 Å². The molecule has 0 saturated carbocycles. The number of hydrogen-bond acceptors (Lipinski definition) is 0. The van der Waals surface area contributed by atoms with Crippen LogP contribution in [0.2, 0.25) is 0 Å². The first-order valence-corrected chi connectivity index (χ1v) is 14.5. The van der Waals surface area contributed by atoms with E-state index in [2.05, 4.69) is 130 Å². The van der Waals surface area contributed by atoms with Crippen molar-refractivity contribution in [2.75, 3.05) is 0 Å². The van der Waals surface area contributed by atoms with Gasteiger partial charge in [-0.1, -0.05) is 84.9 Å². The van der Waals surface area contributed by atoms with E-state index in [0.717, 1.165) is 50.2 Å². The lowest BCUT2D eigenvalue weighted by molar-refractivity contribution is 0.628. The molecule has 8 rings (SSSR count). The highest BCUT2D eigenvalue weighted by molar-refractivity contribution is 5.95. The third-order valence-electron chi connectivity index (χ3n) is 8.18. The standard InChI is InChI=1S/C40H27FN2/c41-34-21-18-29(19-22-34)39-27-33-24-30(20-23-37(33)42(39)35-12-6-2-7-13-35)31-16-17-32-26-38(28-10-4-1-5-11-28)43(40(32)25-31)36-14-8-3-9-15-36/h1-27H. The van der Waals surface area contributed by atoms with Gasteiger partial charge in [0.05, 0.1) is 22.4 Å². The van der Waals surface area contributed by atoms with Gasteiger partial charge in [-0.05, 0) is 101 Å². The van der Waals surface area contributed by atoms with Crippen molar-refractivity contribution < 1.29 is 4.39 Å². The summed E-state index contributed by atoms with van der Waals surface area (Å²) in [5.74, 6) is -0.237. The van der Waals surface area contributed by atoms with Gasteiger partial charge in [-0.25, -0.2) is 4.39 Å². The van der Waals surface area contributed by atoms with Crippen LogP contribution in [0.25, 0.3) is 66.8 Å². The summed E-state index contributed by atoms with van der Waals surface area (Å²) < 4.78 is 18.4. The molecule has 0 bridgehead atoms. The van der Waals surface area contributed by atoms with Crippen LogP contribution >= 0.6 is 0 Å². The fourth-order valence-electron chi connectivity index (χ4n) is 6.14. The Balaban J connectivity index is 1.31. The van der Waals surface area contributed by atoms with Gasteiger partial charge >= 0.3 is 0 Å².